The van der Waals surface area contributed by atoms with Crippen molar-refractivity contribution in [2.24, 2.45) is 0 Å². The number of benzene rings is 13. The van der Waals surface area contributed by atoms with Crippen LogP contribution in [-0.4, -0.2) is 63.7 Å². The summed E-state index contributed by atoms with van der Waals surface area (Å²) in [5.74, 6) is 0.362. The number of rotatable bonds is 10. The van der Waals surface area contributed by atoms with Gasteiger partial charge in [-0.15, -0.1) is 0 Å². The molecule has 480 valence electrons. The van der Waals surface area contributed by atoms with Gasteiger partial charge in [-0.1, -0.05) is 188 Å². The van der Waals surface area contributed by atoms with Crippen molar-refractivity contribution in [3.8, 4) is 39.5 Å². The Morgan fingerprint density at radius 2 is 0.529 bits per heavy atom. The third-order valence-electron chi connectivity index (χ3n) is 18.9. The Balaban J connectivity index is 0.000000113. The van der Waals surface area contributed by atoms with E-state index in [0.717, 1.165) is 86.8 Å². The number of nitrogens with zero attached hydrogens (tertiary/aromatic N) is 7. The van der Waals surface area contributed by atoms with Crippen LogP contribution in [-0.2, 0) is 0 Å². The fourth-order valence-corrected chi connectivity index (χ4v) is 15.8. The fraction of sp³-hybridized carbons (Fsp3) is 0. The van der Waals surface area contributed by atoms with Gasteiger partial charge in [0, 0.05) is 90.9 Å². The molecule has 0 N–H and O–H groups in total. The molecular formula is C87H52AlN7O7. The van der Waals surface area contributed by atoms with Crippen molar-refractivity contribution < 1.29 is 30.5 Å². The molecule has 18 aromatic rings. The maximum Gasteiger partial charge on any atom is 1.20 e. The molecule has 7 heterocycles. The number of amides is 4. The molecule has 102 heavy (non-hydrogen) atoms. The Kier molecular flexibility index (Phi) is 15.1. The number of hydrogen-bond donors (Lipinski definition) is 0. The monoisotopic (exact) mass is 1330 g/mol. The fourth-order valence-electron chi connectivity index (χ4n) is 14.5. The summed E-state index contributed by atoms with van der Waals surface area (Å²) in [5.41, 5.74) is 11.8. The molecule has 14 nitrogen and oxygen atoms in total. The van der Waals surface area contributed by atoms with Crippen molar-refractivity contribution in [1.29, 1.82) is 0 Å². The van der Waals surface area contributed by atoms with Crippen LogP contribution < -0.4 is 21.2 Å². The highest BCUT2D eigenvalue weighted by molar-refractivity contribution is 6.45. The summed E-state index contributed by atoms with van der Waals surface area (Å²) in [6.45, 7) is 0. The van der Waals surface area contributed by atoms with Crippen LogP contribution in [0, 0.1) is 0 Å². The van der Waals surface area contributed by atoms with E-state index in [9.17, 15) is 19.2 Å². The lowest BCUT2D eigenvalue weighted by Crippen LogP contribution is -2.40. The van der Waals surface area contributed by atoms with E-state index >= 15 is 0 Å². The van der Waals surface area contributed by atoms with Gasteiger partial charge in [0.05, 0.1) is 22.4 Å². The zero-order chi connectivity index (χ0) is 68.4. The van der Waals surface area contributed by atoms with Crippen molar-refractivity contribution in [2.75, 3.05) is 9.80 Å². The van der Waals surface area contributed by atoms with Gasteiger partial charge in [-0.3, -0.25) is 44.1 Å². The highest BCUT2D eigenvalue weighted by atomic mass is 27.3. The number of para-hydroxylation sites is 5. The topological polar surface area (TPSA) is 167 Å². The first-order chi connectivity index (χ1) is 50.3. The molecule has 0 saturated heterocycles. The quantitative estimate of drug-likeness (QED) is 0.0551. The van der Waals surface area contributed by atoms with Crippen molar-refractivity contribution in [2.45, 2.75) is 0 Å². The van der Waals surface area contributed by atoms with E-state index in [1.807, 2.05) is 152 Å². The van der Waals surface area contributed by atoms with Crippen LogP contribution in [0.2, 0.25) is 0 Å². The normalized spacial score (nSPS) is 12.5. The van der Waals surface area contributed by atoms with Gasteiger partial charge in [0.25, 0.3) is 23.6 Å². The van der Waals surface area contributed by atoms with Gasteiger partial charge in [0.1, 0.15) is 33.8 Å². The number of anilines is 2. The molecule has 0 fully saturated rings. The third-order valence-corrected chi connectivity index (χ3v) is 20.2. The Morgan fingerprint density at radius 3 is 0.853 bits per heavy atom. The zero-order valence-corrected chi connectivity index (χ0v) is 55.2. The Bertz CT molecular complexity index is 5840. The molecular weight excluding hydrogens is 1280 g/mol. The molecule has 0 unspecified atom stereocenters. The molecule has 13 aromatic carbocycles. The van der Waals surface area contributed by atoms with Crippen LogP contribution in [0.4, 0.5) is 11.4 Å². The van der Waals surface area contributed by atoms with Crippen molar-refractivity contribution in [3.63, 3.8) is 0 Å². The molecule has 2 aliphatic heterocycles. The number of imide groups is 2. The Morgan fingerprint density at radius 1 is 0.245 bits per heavy atom. The minimum atomic E-state index is -2.86. The van der Waals surface area contributed by atoms with E-state index in [1.165, 1.54) is 32.1 Å². The van der Waals surface area contributed by atoms with Gasteiger partial charge >= 0.3 is 15.1 Å². The van der Waals surface area contributed by atoms with E-state index in [2.05, 4.69) is 97.7 Å². The summed E-state index contributed by atoms with van der Waals surface area (Å²) in [6, 6.07) is 91.2. The second-order valence-electron chi connectivity index (χ2n) is 24.6. The molecule has 0 bridgehead atoms. The predicted molar refractivity (Wildman–Crippen MR) is 404 cm³/mol. The van der Waals surface area contributed by atoms with Crippen molar-refractivity contribution >= 4 is 148 Å². The summed E-state index contributed by atoms with van der Waals surface area (Å²) in [5, 5.41) is 11.6. The van der Waals surface area contributed by atoms with Crippen LogP contribution in [0.25, 0.3) is 120 Å². The zero-order valence-electron chi connectivity index (χ0n) is 54.1. The second kappa shape index (κ2) is 25.4. The summed E-state index contributed by atoms with van der Waals surface area (Å²) >= 11 is -2.86. The molecule has 4 amide bonds. The summed E-state index contributed by atoms with van der Waals surface area (Å²) < 4.78 is 19.2. The lowest BCUT2D eigenvalue weighted by atomic mass is 9.82. The van der Waals surface area contributed by atoms with Gasteiger partial charge in [-0.05, 0) is 152 Å². The molecule has 20 rings (SSSR count). The first-order valence-corrected chi connectivity index (χ1v) is 34.6. The molecule has 2 aliphatic rings. The average molecular weight is 1330 g/mol. The van der Waals surface area contributed by atoms with E-state index in [0.29, 0.717) is 61.6 Å². The lowest BCUT2D eigenvalue weighted by molar-refractivity contribution is 0.0877. The van der Waals surface area contributed by atoms with Crippen LogP contribution in [0.1, 0.15) is 41.4 Å². The highest BCUT2D eigenvalue weighted by Gasteiger charge is 2.46. The summed E-state index contributed by atoms with van der Waals surface area (Å²) in [7, 11) is 0. The SMILES string of the molecule is O=C1c2ccc3c4ccc5c6c(ccc(c7ccc(c2c37)C(=O)N1c1ccccc1)c64)C(=O)N(c1ccccc1)C5=O.c1ccc(-c2c(-c3ccccc3)c3cccnc3c3ncccc23)cc1.c1cnc2c([O][Al]([O]c3cccc4cccnc34)[O]c3cccc4cccnc34)cccc2c1. The highest BCUT2D eigenvalue weighted by Crippen LogP contribution is 2.48. The first-order valence-electron chi connectivity index (χ1n) is 33.2. The number of aromatic nitrogens is 5. The Labute approximate surface area is 587 Å². The van der Waals surface area contributed by atoms with E-state index in [-0.39, 0.29) is 23.6 Å². The number of pyridine rings is 5. The minimum Gasteiger partial charge on any atom is -0.576 e. The lowest BCUT2D eigenvalue weighted by Gasteiger charge is -2.30. The molecule has 0 spiro atoms. The molecule has 15 heteroatoms. The minimum absolute atomic E-state index is 0.365. The van der Waals surface area contributed by atoms with Crippen LogP contribution in [0.15, 0.2) is 316 Å². The van der Waals surface area contributed by atoms with Crippen LogP contribution in [0.3, 0.4) is 0 Å². The molecule has 0 radical (unpaired) electrons. The third kappa shape index (κ3) is 10.3. The second-order valence-corrected chi connectivity index (χ2v) is 25.9. The molecule has 0 atom stereocenters. The smallest absolute Gasteiger partial charge is 0.576 e. The van der Waals surface area contributed by atoms with Gasteiger partial charge in [0.15, 0.2) is 0 Å². The Hall–Kier alpha value is -13.6. The number of hydrogen-bond acceptors (Lipinski definition) is 12. The average Bonchev–Trinajstić information content (AvgIpc) is 0.689. The number of carbonyl (C=O) groups is 4. The summed E-state index contributed by atoms with van der Waals surface area (Å²) in [4.78, 5) is 80.4. The number of carbonyl (C=O) groups excluding carboxylic acids is 4. The standard InChI is InChI=1S/C36H18N2O4.C24H16N2.3C9H7NO.Al/c39-33-25-15-11-21-23-13-17-27-32-28(36(42)38(35(27)41)20-9-5-2-6-10-20)18-14-24(30(23)32)22-12-16-26(31(25)29(21)22)34(40)37(33)19-7-3-1-4-8-19;1-3-9-17(10-4-1)21-19-13-7-15-25-23(19)24-20(14-8-16-26-24)22(21)18-11-5-2-6-12-18;3*11-8-5-1-3-7-4-2-6-10-9(7)8;/h1-18H;1-16H;3*1-6,11H;/q;;;;;+3/p-3. The van der Waals surface area contributed by atoms with Crippen molar-refractivity contribution in [3.05, 3.63) is 338 Å². The summed E-state index contributed by atoms with van der Waals surface area (Å²) in [6.07, 6.45) is 8.92. The molecule has 0 aliphatic carbocycles. The van der Waals surface area contributed by atoms with Crippen LogP contribution >= 0.6 is 0 Å². The molecule has 0 saturated carbocycles. The van der Waals surface area contributed by atoms with Crippen molar-refractivity contribution in [1.82, 2.24) is 24.9 Å². The predicted octanol–water partition coefficient (Wildman–Crippen LogP) is 19.3. The van der Waals surface area contributed by atoms with Gasteiger partial charge in [-0.2, -0.15) is 0 Å². The van der Waals surface area contributed by atoms with Crippen LogP contribution in [0.5, 0.6) is 17.2 Å². The van der Waals surface area contributed by atoms with Gasteiger partial charge in [-0.25, -0.2) is 9.80 Å². The maximum absolute atomic E-state index is 13.8. The van der Waals surface area contributed by atoms with Gasteiger partial charge < -0.3 is 11.4 Å². The van der Waals surface area contributed by atoms with E-state index in [1.54, 1.807) is 91.4 Å². The van der Waals surface area contributed by atoms with E-state index < -0.39 is 15.1 Å². The maximum atomic E-state index is 13.8. The largest absolute Gasteiger partial charge is 1.20 e. The number of fused-ring (bicyclic) bond motifs is 8. The first kappa shape index (κ1) is 60.8. The van der Waals surface area contributed by atoms with Gasteiger partial charge in [0.2, 0.25) is 0 Å². The molecule has 5 aromatic heterocycles. The van der Waals surface area contributed by atoms with E-state index in [4.69, 9.17) is 11.4 Å².